The van der Waals surface area contributed by atoms with Gasteiger partial charge in [-0.3, -0.25) is 4.98 Å². The van der Waals surface area contributed by atoms with E-state index in [2.05, 4.69) is 21.3 Å². The van der Waals surface area contributed by atoms with E-state index in [1.165, 1.54) is 0 Å². The Morgan fingerprint density at radius 1 is 1.27 bits per heavy atom. The first-order chi connectivity index (χ1) is 5.83. The van der Waals surface area contributed by atoms with Gasteiger partial charge >= 0.3 is 0 Å². The molecule has 71 valence electrons. The Morgan fingerprint density at radius 2 is 1.93 bits per heavy atom. The second kappa shape index (κ2) is 8.71. The average molecular weight is 430 g/mol. The van der Waals surface area contributed by atoms with Crippen molar-refractivity contribution in [2.24, 2.45) is 7.05 Å². The molecule has 0 aliphatic carbocycles. The largest absolute Gasteiger partial charge is 0.536 e. The summed E-state index contributed by atoms with van der Waals surface area (Å²) in [7, 11) is 3.40. The van der Waals surface area contributed by atoms with Crippen molar-refractivity contribution in [1.29, 1.82) is 0 Å². The zero-order valence-corrected chi connectivity index (χ0v) is 17.0. The van der Waals surface area contributed by atoms with Crippen molar-refractivity contribution in [2.45, 2.75) is 0 Å². The van der Waals surface area contributed by atoms with Crippen LogP contribution >= 0.6 is 0 Å². The summed E-state index contributed by atoms with van der Waals surface area (Å²) >= 11 is 0. The molecule has 3 radical (unpaired) electrons. The maximum atomic E-state index is 4.98. The number of imidazole rings is 1. The first-order valence-corrected chi connectivity index (χ1v) is 3.42. The first-order valence-electron chi connectivity index (χ1n) is 3.42. The second-order valence-corrected chi connectivity index (χ2v) is 2.36. The van der Waals surface area contributed by atoms with Crippen molar-refractivity contribution < 1.29 is 103 Å². The third-order valence-electron chi connectivity index (χ3n) is 1.61. The van der Waals surface area contributed by atoms with Gasteiger partial charge in [-0.2, -0.15) is 0 Å². The van der Waals surface area contributed by atoms with Gasteiger partial charge in [0.2, 0.25) is 0 Å². The average Bonchev–Trinajstić information content (AvgIpc) is 2.48. The van der Waals surface area contributed by atoms with Crippen LogP contribution in [0.25, 0.3) is 11.2 Å². The van der Waals surface area contributed by atoms with E-state index in [1.54, 1.807) is 18.0 Å². The number of aromatic nitrogens is 4. The summed E-state index contributed by atoms with van der Waals surface area (Å²) < 4.78 is 6.77. The first kappa shape index (κ1) is 19.0. The third-order valence-corrected chi connectivity index (χ3v) is 1.61. The molecular formula is C7H7N4OY3-. The Kier molecular flexibility index (Phi) is 11.0. The number of fused-ring (bicyclic) bond motifs is 1. The van der Waals surface area contributed by atoms with E-state index < -0.39 is 0 Å². The molecule has 0 aliphatic heterocycles. The van der Waals surface area contributed by atoms with E-state index in [9.17, 15) is 0 Å². The van der Waals surface area contributed by atoms with Crippen LogP contribution in [0.2, 0.25) is 0 Å². The Balaban J connectivity index is 0. The van der Waals surface area contributed by atoms with Gasteiger partial charge in [0.1, 0.15) is 5.88 Å². The van der Waals surface area contributed by atoms with Gasteiger partial charge in [-0.05, 0) is 0 Å². The van der Waals surface area contributed by atoms with Crippen LogP contribution in [0.15, 0.2) is 6.33 Å². The van der Waals surface area contributed by atoms with Gasteiger partial charge < -0.3 is 19.3 Å². The fourth-order valence-corrected chi connectivity index (χ4v) is 1.02. The summed E-state index contributed by atoms with van der Waals surface area (Å²) in [6, 6.07) is 0. The summed E-state index contributed by atoms with van der Waals surface area (Å²) in [6.45, 7) is 0. The molecule has 2 rings (SSSR count). The van der Waals surface area contributed by atoms with Crippen LogP contribution < -0.4 is 4.74 Å². The van der Waals surface area contributed by atoms with Crippen LogP contribution in [-0.2, 0) is 105 Å². The Bertz CT molecular complexity index is 420. The quantitative estimate of drug-likeness (QED) is 0.606. The van der Waals surface area contributed by atoms with Crippen molar-refractivity contribution in [3.8, 4) is 5.88 Å². The summed E-state index contributed by atoms with van der Waals surface area (Å²) in [6.07, 6.45) is 4.16. The van der Waals surface area contributed by atoms with Gasteiger partial charge in [-0.25, -0.2) is 0 Å². The zero-order chi connectivity index (χ0) is 8.55. The predicted molar refractivity (Wildman–Crippen MR) is 41.7 cm³/mol. The van der Waals surface area contributed by atoms with E-state index in [0.717, 1.165) is 5.65 Å². The van der Waals surface area contributed by atoms with E-state index in [4.69, 9.17) is 4.74 Å². The molecule has 0 fully saturated rings. The van der Waals surface area contributed by atoms with Gasteiger partial charge in [0.25, 0.3) is 0 Å². The Morgan fingerprint density at radius 3 is 2.53 bits per heavy atom. The number of methoxy groups -OCH3 is 1. The monoisotopic (exact) mass is 430 g/mol. The maximum absolute atomic E-state index is 4.98. The molecule has 0 unspecified atom stereocenters. The van der Waals surface area contributed by atoms with E-state index in [-0.39, 0.29) is 98.1 Å². The molecular weight excluding hydrogens is 423 g/mol. The van der Waals surface area contributed by atoms with Crippen molar-refractivity contribution in [2.75, 3.05) is 7.11 Å². The number of rotatable bonds is 1. The van der Waals surface area contributed by atoms with E-state index in [0.29, 0.717) is 11.4 Å². The molecule has 0 bridgehead atoms. The number of aryl methyl sites for hydroxylation is 1. The molecule has 15 heavy (non-hydrogen) atoms. The van der Waals surface area contributed by atoms with Gasteiger partial charge in [-0.15, -0.1) is 0 Å². The van der Waals surface area contributed by atoms with Crippen LogP contribution in [-0.4, -0.2) is 26.6 Å². The standard InChI is InChI=1S/C7H7N4O.3Y/c1-11-4-10-5-6(11)8-3-9-7(5)12-2;;;/h4H,1-2H3;;;/q-1;;;. The predicted octanol–water partition coefficient (Wildman–Crippen LogP) is 0.165. The number of hydrogen-bond acceptors (Lipinski definition) is 4. The summed E-state index contributed by atoms with van der Waals surface area (Å²) in [5.74, 6) is 0.459. The van der Waals surface area contributed by atoms with E-state index >= 15 is 0 Å². The van der Waals surface area contributed by atoms with Gasteiger partial charge in [0.15, 0.2) is 0 Å². The van der Waals surface area contributed by atoms with Gasteiger partial charge in [0.05, 0.1) is 24.6 Å². The number of hydrogen-bond donors (Lipinski definition) is 0. The topological polar surface area (TPSA) is 52.8 Å². The number of ether oxygens (including phenoxy) is 1. The normalized spacial score (nSPS) is 8.40. The fourth-order valence-electron chi connectivity index (χ4n) is 1.02. The Hall–Kier alpha value is 1.66. The summed E-state index contributed by atoms with van der Waals surface area (Å²) in [4.78, 5) is 11.8. The fraction of sp³-hybridized carbons (Fsp3) is 0.286. The molecule has 2 heterocycles. The van der Waals surface area contributed by atoms with E-state index in [1.807, 2.05) is 7.05 Å². The minimum absolute atomic E-state index is 0. The molecule has 8 heteroatoms. The molecule has 0 saturated heterocycles. The summed E-state index contributed by atoms with van der Waals surface area (Å²) in [5, 5.41) is 0. The van der Waals surface area contributed by atoms with Crippen LogP contribution in [0.1, 0.15) is 0 Å². The van der Waals surface area contributed by atoms with Crippen molar-refractivity contribution in [1.82, 2.24) is 19.5 Å². The molecule has 2 aromatic rings. The zero-order valence-electron chi connectivity index (χ0n) is 8.51. The molecule has 0 aliphatic rings. The van der Waals surface area contributed by atoms with Crippen molar-refractivity contribution >= 4 is 11.2 Å². The smallest absolute Gasteiger partial charge is 0.128 e. The number of nitrogens with zero attached hydrogens (tertiary/aromatic N) is 4. The van der Waals surface area contributed by atoms with Crippen LogP contribution in [0.4, 0.5) is 0 Å². The van der Waals surface area contributed by atoms with Gasteiger partial charge in [-0.1, -0.05) is 0 Å². The molecule has 0 saturated carbocycles. The van der Waals surface area contributed by atoms with Crippen LogP contribution in [0.3, 0.4) is 0 Å². The second-order valence-electron chi connectivity index (χ2n) is 2.36. The van der Waals surface area contributed by atoms with Crippen molar-refractivity contribution in [3.05, 3.63) is 12.7 Å². The SMILES string of the molecule is COc1n[c-]nc2c1ncn2C.[Y].[Y].[Y]. The van der Waals surface area contributed by atoms with Crippen LogP contribution in [0.5, 0.6) is 5.88 Å². The third kappa shape index (κ3) is 4.11. The van der Waals surface area contributed by atoms with Crippen molar-refractivity contribution in [3.63, 3.8) is 0 Å². The molecule has 5 nitrogen and oxygen atoms in total. The molecule has 0 aromatic carbocycles. The molecule has 0 spiro atoms. The minimum atomic E-state index is 0. The maximum Gasteiger partial charge on any atom is 0.128 e. The Labute approximate surface area is 163 Å². The molecule has 0 amide bonds. The summed E-state index contributed by atoms with van der Waals surface area (Å²) in [5.41, 5.74) is 1.39. The van der Waals surface area contributed by atoms with Gasteiger partial charge in [0, 0.05) is 112 Å². The van der Waals surface area contributed by atoms with Crippen LogP contribution in [0, 0.1) is 6.33 Å². The molecule has 0 N–H and O–H groups in total. The molecule has 2 aromatic heterocycles. The molecule has 0 atom stereocenters. The minimum Gasteiger partial charge on any atom is -0.536 e.